The zero-order chi connectivity index (χ0) is 26.1. The summed E-state index contributed by atoms with van der Waals surface area (Å²) in [6, 6.07) is 7.47. The fraction of sp³-hybridized carbons (Fsp3) is 0.304. The van der Waals surface area contributed by atoms with Gasteiger partial charge in [-0.2, -0.15) is 5.26 Å². The molecule has 36 heavy (non-hydrogen) atoms. The minimum Gasteiger partial charge on any atom is -0.493 e. The number of amides is 2. The molecule has 2 heterocycles. The van der Waals surface area contributed by atoms with Crippen LogP contribution in [0.25, 0.3) is 0 Å². The highest BCUT2D eigenvalue weighted by Gasteiger charge is 2.21. The number of carbonyl (C=O) groups excluding carboxylic acids is 2. The van der Waals surface area contributed by atoms with E-state index < -0.39 is 17.9 Å². The molecule has 0 saturated heterocycles. The summed E-state index contributed by atoms with van der Waals surface area (Å²) in [5, 5.41) is 22.5. The van der Waals surface area contributed by atoms with Crippen LogP contribution in [0.5, 0.6) is 23.1 Å². The van der Waals surface area contributed by atoms with Crippen LogP contribution in [0.1, 0.15) is 32.5 Å². The number of pyridine rings is 1. The Morgan fingerprint density at radius 3 is 2.42 bits per heavy atom. The molecule has 2 amide bonds. The second-order valence-corrected chi connectivity index (χ2v) is 7.17. The van der Waals surface area contributed by atoms with Crippen molar-refractivity contribution < 1.29 is 28.5 Å². The van der Waals surface area contributed by atoms with Gasteiger partial charge in [0.05, 0.1) is 52.8 Å². The van der Waals surface area contributed by atoms with E-state index >= 15 is 0 Å². The summed E-state index contributed by atoms with van der Waals surface area (Å²) in [7, 11) is 5.85. The minimum absolute atomic E-state index is 0.0182. The average molecular weight is 495 g/mol. The molecule has 188 valence electrons. The molecule has 0 aliphatic rings. The quantitative estimate of drug-likeness (QED) is 0.394. The first kappa shape index (κ1) is 25.8. The fourth-order valence-corrected chi connectivity index (χ4v) is 3.25. The van der Waals surface area contributed by atoms with Gasteiger partial charge in [0.25, 0.3) is 11.8 Å². The van der Waals surface area contributed by atoms with Gasteiger partial charge in [-0.15, -0.1) is 5.10 Å². The topological polar surface area (TPSA) is 163 Å². The van der Waals surface area contributed by atoms with E-state index in [1.54, 1.807) is 24.3 Å². The van der Waals surface area contributed by atoms with Gasteiger partial charge >= 0.3 is 0 Å². The van der Waals surface area contributed by atoms with Gasteiger partial charge in [0.15, 0.2) is 17.2 Å². The van der Waals surface area contributed by atoms with Crippen LogP contribution in [0.15, 0.2) is 36.7 Å². The molecule has 1 unspecified atom stereocenters. The molecule has 2 aromatic heterocycles. The van der Waals surface area contributed by atoms with Crippen LogP contribution >= 0.6 is 0 Å². The van der Waals surface area contributed by atoms with E-state index in [1.807, 2.05) is 6.07 Å². The summed E-state index contributed by atoms with van der Waals surface area (Å²) >= 11 is 0. The highest BCUT2D eigenvalue weighted by atomic mass is 16.5. The van der Waals surface area contributed by atoms with Crippen LogP contribution in [0.2, 0.25) is 0 Å². The van der Waals surface area contributed by atoms with Crippen molar-refractivity contribution in [2.24, 2.45) is 0 Å². The maximum Gasteiger partial charge on any atom is 0.274 e. The number of benzene rings is 1. The van der Waals surface area contributed by atoms with Crippen LogP contribution in [-0.4, -0.2) is 66.8 Å². The Kier molecular flexibility index (Phi) is 8.60. The molecule has 0 aliphatic carbocycles. The van der Waals surface area contributed by atoms with E-state index in [4.69, 9.17) is 18.9 Å². The molecule has 0 saturated carbocycles. The fourth-order valence-electron chi connectivity index (χ4n) is 3.25. The number of hydrogen-bond acceptors (Lipinski definition) is 10. The molecule has 0 spiro atoms. The van der Waals surface area contributed by atoms with Crippen LogP contribution < -0.4 is 29.6 Å². The Morgan fingerprint density at radius 1 is 1.03 bits per heavy atom. The molecule has 3 rings (SSSR count). The van der Waals surface area contributed by atoms with Crippen molar-refractivity contribution in [3.05, 3.63) is 53.5 Å². The van der Waals surface area contributed by atoms with E-state index in [0.717, 1.165) is 0 Å². The SMILES string of the molecule is COc1ccc(C(C#N)NC(=O)c2cn(CCNC(=O)c3ccc(OC)c(OC)c3OC)nn2)cn1. The average Bonchev–Trinajstić information content (AvgIpc) is 3.39. The maximum atomic E-state index is 12.7. The molecule has 0 aliphatic heterocycles. The summed E-state index contributed by atoms with van der Waals surface area (Å²) in [5.74, 6) is 0.398. The second kappa shape index (κ2) is 12.0. The number of carbonyl (C=O) groups is 2. The summed E-state index contributed by atoms with van der Waals surface area (Å²) < 4.78 is 22.3. The van der Waals surface area contributed by atoms with E-state index in [0.29, 0.717) is 22.9 Å². The number of nitrogens with zero attached hydrogens (tertiary/aromatic N) is 5. The predicted molar refractivity (Wildman–Crippen MR) is 125 cm³/mol. The molecule has 3 aromatic rings. The van der Waals surface area contributed by atoms with Crippen molar-refractivity contribution in [2.75, 3.05) is 35.0 Å². The molecule has 0 bridgehead atoms. The van der Waals surface area contributed by atoms with Crippen LogP contribution in [0, 0.1) is 11.3 Å². The number of nitrogens with one attached hydrogen (secondary N) is 2. The lowest BCUT2D eigenvalue weighted by Gasteiger charge is -2.15. The van der Waals surface area contributed by atoms with E-state index in [-0.39, 0.29) is 30.1 Å². The zero-order valence-electron chi connectivity index (χ0n) is 20.1. The van der Waals surface area contributed by atoms with Gasteiger partial charge in [-0.05, 0) is 18.2 Å². The number of hydrogen-bond donors (Lipinski definition) is 2. The second-order valence-electron chi connectivity index (χ2n) is 7.17. The number of methoxy groups -OCH3 is 4. The molecule has 13 heteroatoms. The van der Waals surface area contributed by atoms with Crippen molar-refractivity contribution in [2.45, 2.75) is 12.6 Å². The zero-order valence-corrected chi connectivity index (χ0v) is 20.1. The minimum atomic E-state index is -0.934. The predicted octanol–water partition coefficient (Wildman–Crippen LogP) is 1.13. The van der Waals surface area contributed by atoms with Crippen molar-refractivity contribution in [3.63, 3.8) is 0 Å². The van der Waals surface area contributed by atoms with Gasteiger partial charge in [-0.3, -0.25) is 9.59 Å². The summed E-state index contributed by atoms with van der Waals surface area (Å²) in [5.41, 5.74) is 0.779. The number of aromatic nitrogens is 4. The van der Waals surface area contributed by atoms with Gasteiger partial charge in [0.2, 0.25) is 11.6 Å². The van der Waals surface area contributed by atoms with Crippen molar-refractivity contribution in [1.29, 1.82) is 5.26 Å². The number of ether oxygens (including phenoxy) is 4. The van der Waals surface area contributed by atoms with Crippen molar-refractivity contribution in [1.82, 2.24) is 30.6 Å². The largest absolute Gasteiger partial charge is 0.493 e. The first-order chi connectivity index (χ1) is 17.4. The molecule has 1 atom stereocenters. The Labute approximate surface area is 206 Å². The third-order valence-corrected chi connectivity index (χ3v) is 5.05. The molecule has 2 N–H and O–H groups in total. The van der Waals surface area contributed by atoms with Gasteiger partial charge < -0.3 is 29.6 Å². The van der Waals surface area contributed by atoms with Gasteiger partial charge in [-0.25, -0.2) is 9.67 Å². The first-order valence-electron chi connectivity index (χ1n) is 10.6. The van der Waals surface area contributed by atoms with Crippen molar-refractivity contribution in [3.8, 4) is 29.2 Å². The van der Waals surface area contributed by atoms with Crippen molar-refractivity contribution >= 4 is 11.8 Å². The lowest BCUT2D eigenvalue weighted by atomic mass is 10.1. The molecule has 0 fully saturated rings. The maximum absolute atomic E-state index is 12.7. The highest BCUT2D eigenvalue weighted by molar-refractivity contribution is 5.98. The molecular formula is C23H25N7O6. The summed E-state index contributed by atoms with van der Waals surface area (Å²) in [6.45, 7) is 0.435. The van der Waals surface area contributed by atoms with Gasteiger partial charge in [-0.1, -0.05) is 5.21 Å². The van der Waals surface area contributed by atoms with Crippen LogP contribution in [-0.2, 0) is 6.54 Å². The third kappa shape index (κ3) is 5.79. The monoisotopic (exact) mass is 495 g/mol. The van der Waals surface area contributed by atoms with Gasteiger partial charge in [0.1, 0.15) is 6.04 Å². The highest BCUT2D eigenvalue weighted by Crippen LogP contribution is 2.39. The smallest absolute Gasteiger partial charge is 0.274 e. The van der Waals surface area contributed by atoms with Crippen LogP contribution in [0.4, 0.5) is 0 Å². The Balaban J connectivity index is 1.58. The van der Waals surface area contributed by atoms with Gasteiger partial charge in [0, 0.05) is 24.4 Å². The molecule has 13 nitrogen and oxygen atoms in total. The Morgan fingerprint density at radius 2 is 1.81 bits per heavy atom. The first-order valence-corrected chi connectivity index (χ1v) is 10.6. The lowest BCUT2D eigenvalue weighted by molar-refractivity contribution is 0.0934. The standard InChI is InChI=1S/C23H25N7O6/c1-33-18-7-6-15(20(35-3)21(18)36-4)22(31)25-9-10-30-13-17(28-29-30)23(32)27-16(11-24)14-5-8-19(34-2)26-12-14/h5-8,12-13,16H,9-10H2,1-4H3,(H,25,31)(H,27,32). The van der Waals surface area contributed by atoms with E-state index in [1.165, 1.54) is 45.5 Å². The molecule has 1 aromatic carbocycles. The number of rotatable bonds is 11. The Bertz CT molecular complexity index is 1250. The lowest BCUT2D eigenvalue weighted by Crippen LogP contribution is -2.28. The van der Waals surface area contributed by atoms with E-state index in [2.05, 4.69) is 25.9 Å². The van der Waals surface area contributed by atoms with Crippen LogP contribution in [0.3, 0.4) is 0 Å². The molecular weight excluding hydrogens is 470 g/mol. The summed E-state index contributed by atoms with van der Waals surface area (Å²) in [4.78, 5) is 29.3. The van der Waals surface area contributed by atoms with E-state index in [9.17, 15) is 14.9 Å². The summed E-state index contributed by atoms with van der Waals surface area (Å²) in [6.07, 6.45) is 2.86. The normalized spacial score (nSPS) is 11.1. The number of nitriles is 1. The third-order valence-electron chi connectivity index (χ3n) is 5.05. The Hall–Kier alpha value is -4.86. The molecule has 0 radical (unpaired) electrons.